The lowest BCUT2D eigenvalue weighted by atomic mass is 10.3. The van der Waals surface area contributed by atoms with Crippen LogP contribution in [0.25, 0.3) is 6.08 Å². The quantitative estimate of drug-likeness (QED) is 0.758. The van der Waals surface area contributed by atoms with E-state index in [0.29, 0.717) is 0 Å². The van der Waals surface area contributed by atoms with Gasteiger partial charge in [0.1, 0.15) is 0 Å². The van der Waals surface area contributed by atoms with Gasteiger partial charge in [-0.05, 0) is 55.6 Å². The van der Waals surface area contributed by atoms with Gasteiger partial charge < -0.3 is 0 Å². The summed E-state index contributed by atoms with van der Waals surface area (Å²) in [5.74, 6) is 0. The molecule has 0 aliphatic carbocycles. The van der Waals surface area contributed by atoms with Gasteiger partial charge in [-0.25, -0.2) is 0 Å². The molecule has 0 N–H and O–H groups in total. The molecule has 0 fully saturated rings. The van der Waals surface area contributed by atoms with E-state index in [1.54, 1.807) is 12.4 Å². The van der Waals surface area contributed by atoms with Crippen molar-refractivity contribution in [2.75, 3.05) is 0 Å². The van der Waals surface area contributed by atoms with Crippen molar-refractivity contribution < 1.29 is 0 Å². The molecule has 0 bridgehead atoms. The van der Waals surface area contributed by atoms with Crippen LogP contribution in [-0.4, -0.2) is 4.98 Å². The molecule has 0 unspecified atom stereocenters. The van der Waals surface area contributed by atoms with Crippen LogP contribution in [0.5, 0.6) is 0 Å². The van der Waals surface area contributed by atoms with Gasteiger partial charge in [0.25, 0.3) is 0 Å². The molecule has 0 atom stereocenters. The average molecular weight is 263 g/mol. The maximum atomic E-state index is 3.89. The fraction of sp³-hybridized carbons (Fsp3) is 0. The Morgan fingerprint density at radius 1 is 1.30 bits per heavy atom. The van der Waals surface area contributed by atoms with Crippen LogP contribution >= 0.6 is 31.9 Å². The zero-order valence-electron chi connectivity index (χ0n) is 5.09. The molecule has 0 saturated carbocycles. The van der Waals surface area contributed by atoms with Crippen LogP contribution in [0, 0.1) is 0 Å². The Labute approximate surface area is 76.4 Å². The molecular weight excluding hydrogens is 258 g/mol. The third kappa shape index (κ3) is 2.62. The van der Waals surface area contributed by atoms with Crippen LogP contribution in [-0.2, 0) is 0 Å². The van der Waals surface area contributed by atoms with Gasteiger partial charge >= 0.3 is 0 Å². The van der Waals surface area contributed by atoms with E-state index >= 15 is 0 Å². The monoisotopic (exact) mass is 261 g/mol. The van der Waals surface area contributed by atoms with E-state index in [1.807, 2.05) is 18.2 Å². The molecule has 0 aromatic carbocycles. The molecule has 1 aromatic rings. The zero-order chi connectivity index (χ0) is 7.40. The minimum Gasteiger partial charge on any atom is -0.265 e. The van der Waals surface area contributed by atoms with Crippen molar-refractivity contribution in [1.82, 2.24) is 4.98 Å². The second kappa shape index (κ2) is 3.88. The normalized spacial score (nSPS) is 9.00. The number of nitrogens with zero attached hydrogens (tertiary/aromatic N) is 1. The van der Waals surface area contributed by atoms with Crippen molar-refractivity contribution >= 4 is 37.9 Å². The van der Waals surface area contributed by atoms with Gasteiger partial charge in [0, 0.05) is 12.4 Å². The lowest BCUT2D eigenvalue weighted by Crippen LogP contribution is -1.71. The maximum absolute atomic E-state index is 3.89. The van der Waals surface area contributed by atoms with Crippen molar-refractivity contribution in [3.63, 3.8) is 0 Å². The first-order valence-corrected chi connectivity index (χ1v) is 4.30. The average Bonchev–Trinajstić information content (AvgIpc) is 1.88. The maximum Gasteiger partial charge on any atom is 0.0610 e. The molecule has 0 amide bonds. The highest BCUT2D eigenvalue weighted by Crippen LogP contribution is 2.16. The summed E-state index contributed by atoms with van der Waals surface area (Å²) in [6.45, 7) is 0. The predicted octanol–water partition coefficient (Wildman–Crippen LogP) is 3.17. The summed E-state index contributed by atoms with van der Waals surface area (Å²) in [7, 11) is 0. The molecule has 0 radical (unpaired) electrons. The summed E-state index contributed by atoms with van der Waals surface area (Å²) in [5, 5.41) is 0. The molecule has 0 aliphatic heterocycles. The molecule has 1 rings (SSSR count). The molecule has 0 aliphatic rings. The Bertz CT molecular complexity index is 227. The molecule has 0 spiro atoms. The number of halogens is 2. The standard InChI is InChI=1S/C7H5Br2N/c8-7(9)5-6-1-3-10-4-2-6/h1-5H. The Hall–Kier alpha value is -0.150. The molecule has 1 aromatic heterocycles. The summed E-state index contributed by atoms with van der Waals surface area (Å²) in [4.78, 5) is 3.89. The fourth-order valence-corrected chi connectivity index (χ4v) is 1.11. The van der Waals surface area contributed by atoms with E-state index in [4.69, 9.17) is 0 Å². The summed E-state index contributed by atoms with van der Waals surface area (Å²) < 4.78 is 0.936. The predicted molar refractivity (Wildman–Crippen MR) is 50.1 cm³/mol. The molecule has 1 heterocycles. The van der Waals surface area contributed by atoms with Crippen LogP contribution in [0.3, 0.4) is 0 Å². The Kier molecular flexibility index (Phi) is 3.09. The second-order valence-electron chi connectivity index (χ2n) is 1.71. The van der Waals surface area contributed by atoms with Crippen LogP contribution < -0.4 is 0 Å². The summed E-state index contributed by atoms with van der Waals surface area (Å²) in [6, 6.07) is 3.87. The number of rotatable bonds is 1. The molecule has 52 valence electrons. The number of pyridine rings is 1. The van der Waals surface area contributed by atoms with Crippen LogP contribution in [0.15, 0.2) is 27.9 Å². The van der Waals surface area contributed by atoms with Crippen molar-refractivity contribution in [2.45, 2.75) is 0 Å². The number of aromatic nitrogens is 1. The lowest BCUT2D eigenvalue weighted by molar-refractivity contribution is 1.32. The third-order valence-electron chi connectivity index (χ3n) is 0.982. The van der Waals surface area contributed by atoms with Gasteiger partial charge in [-0.1, -0.05) is 0 Å². The highest BCUT2D eigenvalue weighted by molar-refractivity contribution is 9.28. The van der Waals surface area contributed by atoms with Crippen molar-refractivity contribution in [3.05, 3.63) is 33.5 Å². The topological polar surface area (TPSA) is 12.9 Å². The molecule has 0 saturated heterocycles. The fourth-order valence-electron chi connectivity index (χ4n) is 0.586. The van der Waals surface area contributed by atoms with E-state index in [9.17, 15) is 0 Å². The van der Waals surface area contributed by atoms with E-state index in [2.05, 4.69) is 36.8 Å². The van der Waals surface area contributed by atoms with E-state index in [1.165, 1.54) is 0 Å². The van der Waals surface area contributed by atoms with Gasteiger partial charge in [0.15, 0.2) is 0 Å². The largest absolute Gasteiger partial charge is 0.265 e. The Morgan fingerprint density at radius 2 is 1.90 bits per heavy atom. The molecular formula is C7H5Br2N. The number of hydrogen-bond donors (Lipinski definition) is 0. The van der Waals surface area contributed by atoms with Gasteiger partial charge in [0.05, 0.1) is 3.39 Å². The zero-order valence-corrected chi connectivity index (χ0v) is 8.26. The first-order valence-electron chi connectivity index (χ1n) is 2.72. The minimum absolute atomic E-state index is 0.936. The first kappa shape index (κ1) is 7.95. The van der Waals surface area contributed by atoms with E-state index in [-0.39, 0.29) is 0 Å². The SMILES string of the molecule is BrC(Br)=Cc1ccncc1. The third-order valence-corrected chi connectivity index (χ3v) is 1.44. The van der Waals surface area contributed by atoms with Crippen molar-refractivity contribution in [1.29, 1.82) is 0 Å². The van der Waals surface area contributed by atoms with Crippen LogP contribution in [0.4, 0.5) is 0 Å². The highest BCUT2D eigenvalue weighted by Gasteiger charge is 1.85. The van der Waals surface area contributed by atoms with Gasteiger partial charge in [0.2, 0.25) is 0 Å². The Balaban J connectivity index is 2.87. The minimum atomic E-state index is 0.936. The highest BCUT2D eigenvalue weighted by atomic mass is 79.9. The van der Waals surface area contributed by atoms with Gasteiger partial charge in [-0.3, -0.25) is 4.98 Å². The van der Waals surface area contributed by atoms with Gasteiger partial charge in [-0.15, -0.1) is 0 Å². The summed E-state index contributed by atoms with van der Waals surface area (Å²) in [6.07, 6.45) is 5.48. The summed E-state index contributed by atoms with van der Waals surface area (Å²) in [5.41, 5.74) is 1.12. The first-order chi connectivity index (χ1) is 4.79. The molecule has 10 heavy (non-hydrogen) atoms. The van der Waals surface area contributed by atoms with Crippen molar-refractivity contribution in [3.8, 4) is 0 Å². The van der Waals surface area contributed by atoms with Crippen molar-refractivity contribution in [2.24, 2.45) is 0 Å². The Morgan fingerprint density at radius 3 is 2.40 bits per heavy atom. The smallest absolute Gasteiger partial charge is 0.0610 e. The lowest BCUT2D eigenvalue weighted by Gasteiger charge is -1.88. The van der Waals surface area contributed by atoms with Gasteiger partial charge in [-0.2, -0.15) is 0 Å². The summed E-state index contributed by atoms with van der Waals surface area (Å²) >= 11 is 6.54. The van der Waals surface area contributed by atoms with E-state index in [0.717, 1.165) is 8.96 Å². The van der Waals surface area contributed by atoms with Crippen LogP contribution in [0.1, 0.15) is 5.56 Å². The van der Waals surface area contributed by atoms with Crippen LogP contribution in [0.2, 0.25) is 0 Å². The second-order valence-corrected chi connectivity index (χ2v) is 4.49. The molecule has 3 heteroatoms. The van der Waals surface area contributed by atoms with E-state index < -0.39 is 0 Å². The molecule has 1 nitrogen and oxygen atoms in total. The number of hydrogen-bond acceptors (Lipinski definition) is 1.